The fraction of sp³-hybridized carbons (Fsp3) is 0.444. The minimum absolute atomic E-state index is 0.0224. The van der Waals surface area contributed by atoms with E-state index in [9.17, 15) is 4.79 Å². The number of hydrogen-bond acceptors (Lipinski definition) is 7. The van der Waals surface area contributed by atoms with Gasteiger partial charge in [0.1, 0.15) is 11.9 Å². The first-order valence-corrected chi connectivity index (χ1v) is 12.6. The van der Waals surface area contributed by atoms with Crippen LogP contribution < -0.4 is 18.9 Å². The highest BCUT2D eigenvalue weighted by Gasteiger charge is 2.34. The summed E-state index contributed by atoms with van der Waals surface area (Å²) in [5.74, 6) is 0.600. The normalized spacial score (nSPS) is 13.8. The molecule has 37 heavy (non-hydrogen) atoms. The van der Waals surface area contributed by atoms with Crippen LogP contribution in [0.1, 0.15) is 61.7 Å². The number of ether oxygens (including phenoxy) is 4. The lowest BCUT2D eigenvalue weighted by Crippen LogP contribution is -2.31. The van der Waals surface area contributed by atoms with Crippen LogP contribution in [0.3, 0.4) is 0 Å². The van der Waals surface area contributed by atoms with Gasteiger partial charge in [-0.3, -0.25) is 4.79 Å². The van der Waals surface area contributed by atoms with Crippen molar-refractivity contribution < 1.29 is 28.1 Å². The van der Waals surface area contributed by atoms with Crippen LogP contribution >= 0.6 is 16.1 Å². The van der Waals surface area contributed by atoms with Crippen LogP contribution in [0.4, 0.5) is 4.39 Å². The molecular weight excluding hydrogens is 545 g/mol. The average Bonchev–Trinajstić information content (AvgIpc) is 3.20. The highest BCUT2D eigenvalue weighted by atomic mass is 79.9. The predicted octanol–water partition coefficient (Wildman–Crippen LogP) is 5.59. The number of nitrogens with zero attached hydrogens (tertiary/aromatic N) is 3. The first kappa shape index (κ1) is 28.3. The number of ketones is 1. The van der Waals surface area contributed by atoms with Gasteiger partial charge in [0.05, 0.1) is 48.6 Å². The number of fused-ring (bicyclic) bond motifs is 1. The fourth-order valence-electron chi connectivity index (χ4n) is 4.24. The molecule has 0 saturated carbocycles. The Morgan fingerprint density at radius 1 is 1.14 bits per heavy atom. The molecule has 2 aromatic carbocycles. The Morgan fingerprint density at radius 3 is 2.38 bits per heavy atom. The van der Waals surface area contributed by atoms with Crippen molar-refractivity contribution in [1.82, 2.24) is 4.90 Å². The molecule has 0 unspecified atom stereocenters. The lowest BCUT2D eigenvalue weighted by molar-refractivity contribution is 0.0962. The highest BCUT2D eigenvalue weighted by molar-refractivity contribution is 9.08. The van der Waals surface area contributed by atoms with E-state index in [1.807, 2.05) is 33.8 Å². The van der Waals surface area contributed by atoms with Crippen LogP contribution in [-0.2, 0) is 12.0 Å². The molecule has 198 valence electrons. The monoisotopic (exact) mass is 575 g/mol. The Labute approximate surface area is 225 Å². The molecule has 0 bridgehead atoms. The summed E-state index contributed by atoms with van der Waals surface area (Å²) in [5.41, 5.74) is 1.68. The molecule has 8 nitrogen and oxygen atoms in total. The number of hydrogen-bond donors (Lipinski definition) is 0. The molecule has 0 aliphatic carbocycles. The average molecular weight is 576 g/mol. The van der Waals surface area contributed by atoms with Crippen molar-refractivity contribution in [3.63, 3.8) is 0 Å². The maximum atomic E-state index is 15.6. The van der Waals surface area contributed by atoms with Gasteiger partial charge in [-0.05, 0) is 43.0 Å². The Balaban J connectivity index is 2.00. The van der Waals surface area contributed by atoms with Crippen molar-refractivity contribution in [2.24, 2.45) is 4.02 Å². The van der Waals surface area contributed by atoms with Gasteiger partial charge >= 0.3 is 0 Å². The molecule has 0 N–H and O–H groups in total. The number of Topliss-reactive ketones (excluding diaryl/α,β-unsaturated/α-hetero) is 1. The van der Waals surface area contributed by atoms with Gasteiger partial charge in [-0.1, -0.05) is 20.8 Å². The number of amidine groups is 1. The number of halogens is 2. The standard InChI is InChI=1S/C27H31BrFN3O5/c1-7-35-21-13-17-14-32(26(31-28)22(17)23(29)25(21)36-8-2)15-19(33)16-11-18(27(3,4)5)24(34-6)20(12-16)37-10-9-30/h11-13H,7-8,10,14-15H2,1-6H3. The van der Waals surface area contributed by atoms with Crippen molar-refractivity contribution in [2.75, 3.05) is 33.5 Å². The van der Waals surface area contributed by atoms with E-state index in [1.54, 1.807) is 30.0 Å². The molecule has 0 fully saturated rings. The molecule has 0 spiro atoms. The summed E-state index contributed by atoms with van der Waals surface area (Å²) < 4.78 is 42.0. The van der Waals surface area contributed by atoms with Crippen molar-refractivity contribution in [1.29, 1.82) is 5.26 Å². The second kappa shape index (κ2) is 11.8. The molecule has 0 amide bonds. The van der Waals surface area contributed by atoms with E-state index in [0.29, 0.717) is 35.0 Å². The quantitative estimate of drug-likeness (QED) is 0.341. The fourth-order valence-corrected chi connectivity index (χ4v) is 4.65. The zero-order valence-corrected chi connectivity index (χ0v) is 23.5. The zero-order chi connectivity index (χ0) is 27.3. The SMILES string of the molecule is CCOc1cc2c(c(F)c1OCC)C(=NBr)N(CC(=O)c1cc(OCC#N)c(OC)c(C(C)(C)C)c1)C2. The molecule has 0 atom stereocenters. The van der Waals surface area contributed by atoms with Crippen molar-refractivity contribution in [3.05, 3.63) is 46.3 Å². The molecule has 0 radical (unpaired) electrons. The Kier molecular flexibility index (Phi) is 9.02. The summed E-state index contributed by atoms with van der Waals surface area (Å²) in [5, 5.41) is 9.00. The van der Waals surface area contributed by atoms with E-state index in [0.717, 1.165) is 5.56 Å². The van der Waals surface area contributed by atoms with Gasteiger partial charge in [-0.2, -0.15) is 9.28 Å². The van der Waals surface area contributed by atoms with Gasteiger partial charge in [-0.25, -0.2) is 4.39 Å². The molecule has 1 aliphatic rings. The Morgan fingerprint density at radius 2 is 1.81 bits per heavy atom. The summed E-state index contributed by atoms with van der Waals surface area (Å²) >= 11 is 3.11. The number of rotatable bonds is 10. The Bertz CT molecular complexity index is 1250. The van der Waals surface area contributed by atoms with Crippen LogP contribution in [0, 0.1) is 17.1 Å². The zero-order valence-electron chi connectivity index (χ0n) is 21.9. The van der Waals surface area contributed by atoms with Crippen LogP contribution in [0.5, 0.6) is 23.0 Å². The topological polar surface area (TPSA) is 93.4 Å². The van der Waals surface area contributed by atoms with E-state index in [2.05, 4.69) is 20.2 Å². The van der Waals surface area contributed by atoms with Crippen molar-refractivity contribution in [3.8, 4) is 29.1 Å². The van der Waals surface area contributed by atoms with Crippen LogP contribution in [0.25, 0.3) is 0 Å². The van der Waals surface area contributed by atoms with E-state index in [-0.39, 0.29) is 54.7 Å². The van der Waals surface area contributed by atoms with Crippen LogP contribution in [-0.4, -0.2) is 50.0 Å². The summed E-state index contributed by atoms with van der Waals surface area (Å²) in [6.45, 7) is 10.2. The van der Waals surface area contributed by atoms with E-state index < -0.39 is 5.82 Å². The summed E-state index contributed by atoms with van der Waals surface area (Å²) in [6, 6.07) is 7.02. The first-order chi connectivity index (χ1) is 17.6. The Hall–Kier alpha value is -3.32. The number of carbonyl (C=O) groups excluding carboxylic acids is 1. The van der Waals surface area contributed by atoms with Crippen molar-refractivity contribution >= 4 is 27.8 Å². The minimum Gasteiger partial charge on any atom is -0.493 e. The van der Waals surface area contributed by atoms with E-state index >= 15 is 4.39 Å². The number of nitriles is 1. The number of benzene rings is 2. The van der Waals surface area contributed by atoms with Crippen molar-refractivity contribution in [2.45, 2.75) is 46.6 Å². The molecule has 10 heteroatoms. The van der Waals surface area contributed by atoms with Gasteiger partial charge in [-0.15, -0.1) is 0 Å². The van der Waals surface area contributed by atoms with E-state index in [4.69, 9.17) is 24.2 Å². The van der Waals surface area contributed by atoms with Crippen LogP contribution in [0.15, 0.2) is 22.2 Å². The third-order valence-corrected chi connectivity index (χ3v) is 6.17. The van der Waals surface area contributed by atoms with Gasteiger partial charge < -0.3 is 23.8 Å². The molecular formula is C27H31BrFN3O5. The van der Waals surface area contributed by atoms with Gasteiger partial charge in [0, 0.05) is 17.7 Å². The molecule has 1 aliphatic heterocycles. The third kappa shape index (κ3) is 5.82. The largest absolute Gasteiger partial charge is 0.493 e. The third-order valence-electron chi connectivity index (χ3n) is 5.84. The second-order valence-electron chi connectivity index (χ2n) is 9.36. The van der Waals surface area contributed by atoms with Crippen LogP contribution in [0.2, 0.25) is 0 Å². The lowest BCUT2D eigenvalue weighted by Gasteiger charge is -2.25. The lowest BCUT2D eigenvalue weighted by atomic mass is 9.84. The van der Waals surface area contributed by atoms with E-state index in [1.165, 1.54) is 7.11 Å². The summed E-state index contributed by atoms with van der Waals surface area (Å²) in [7, 11) is 1.52. The first-order valence-electron chi connectivity index (χ1n) is 11.9. The maximum absolute atomic E-state index is 15.6. The van der Waals surface area contributed by atoms with Gasteiger partial charge in [0.2, 0.25) is 0 Å². The maximum Gasteiger partial charge on any atom is 0.197 e. The number of carbonyl (C=O) groups is 1. The summed E-state index contributed by atoms with van der Waals surface area (Å²) in [4.78, 5) is 15.2. The predicted molar refractivity (Wildman–Crippen MR) is 142 cm³/mol. The smallest absolute Gasteiger partial charge is 0.197 e. The highest BCUT2D eigenvalue weighted by Crippen LogP contribution is 2.41. The van der Waals surface area contributed by atoms with Gasteiger partial charge in [0.25, 0.3) is 0 Å². The molecule has 2 aromatic rings. The molecule has 1 heterocycles. The number of methoxy groups -OCH3 is 1. The molecule has 3 rings (SSSR count). The van der Waals surface area contributed by atoms with Gasteiger partial charge in [0.15, 0.2) is 41.2 Å². The molecule has 0 aromatic heterocycles. The molecule has 0 saturated heterocycles. The second-order valence-corrected chi connectivity index (χ2v) is 9.71. The minimum atomic E-state index is -0.581. The summed E-state index contributed by atoms with van der Waals surface area (Å²) in [6.07, 6.45) is 0.